The molecule has 1 N–H and O–H groups in total. The van der Waals surface area contributed by atoms with Crippen LogP contribution in [-0.4, -0.2) is 38.7 Å². The molecule has 1 heterocycles. The van der Waals surface area contributed by atoms with Gasteiger partial charge in [-0.1, -0.05) is 23.9 Å². The summed E-state index contributed by atoms with van der Waals surface area (Å²) in [7, 11) is 3.38. The SMILES string of the molecule is COc1ccc(Cc2nc(SCC(=O)O)n(C)n2)cc1. The molecule has 2 aromatic rings. The molecule has 0 unspecified atom stereocenters. The summed E-state index contributed by atoms with van der Waals surface area (Å²) < 4.78 is 6.71. The van der Waals surface area contributed by atoms with E-state index in [1.54, 1.807) is 18.8 Å². The Hall–Kier alpha value is -2.02. The molecule has 0 aliphatic carbocycles. The number of carbonyl (C=O) groups is 1. The van der Waals surface area contributed by atoms with Crippen molar-refractivity contribution < 1.29 is 14.6 Å². The Morgan fingerprint density at radius 3 is 2.70 bits per heavy atom. The molecule has 1 aromatic heterocycles. The Bertz CT molecular complexity index is 595. The van der Waals surface area contributed by atoms with Crippen LogP contribution in [0.3, 0.4) is 0 Å². The minimum atomic E-state index is -0.866. The quantitative estimate of drug-likeness (QED) is 0.815. The highest BCUT2D eigenvalue weighted by Crippen LogP contribution is 2.17. The number of aryl methyl sites for hydroxylation is 1. The smallest absolute Gasteiger partial charge is 0.313 e. The van der Waals surface area contributed by atoms with Gasteiger partial charge in [-0.25, -0.2) is 9.67 Å². The molecule has 1 aromatic carbocycles. The molecule has 7 heteroatoms. The summed E-state index contributed by atoms with van der Waals surface area (Å²) in [6.07, 6.45) is 0.603. The van der Waals surface area contributed by atoms with Crippen molar-refractivity contribution in [1.82, 2.24) is 14.8 Å². The van der Waals surface area contributed by atoms with E-state index in [2.05, 4.69) is 10.1 Å². The van der Waals surface area contributed by atoms with Crippen molar-refractivity contribution in [3.8, 4) is 5.75 Å². The van der Waals surface area contributed by atoms with E-state index >= 15 is 0 Å². The van der Waals surface area contributed by atoms with Crippen LogP contribution in [0.4, 0.5) is 0 Å². The molecule has 0 bridgehead atoms. The topological polar surface area (TPSA) is 77.2 Å². The van der Waals surface area contributed by atoms with Crippen LogP contribution in [0.5, 0.6) is 5.75 Å². The third-order valence-corrected chi connectivity index (χ3v) is 3.62. The molecule has 0 spiro atoms. The monoisotopic (exact) mass is 293 g/mol. The fourth-order valence-corrected chi connectivity index (χ4v) is 2.32. The zero-order valence-corrected chi connectivity index (χ0v) is 12.1. The van der Waals surface area contributed by atoms with Gasteiger partial charge in [0.1, 0.15) is 5.75 Å². The molecule has 2 rings (SSSR count). The average Bonchev–Trinajstić information content (AvgIpc) is 2.77. The number of aromatic nitrogens is 3. The number of nitrogens with zero attached hydrogens (tertiary/aromatic N) is 3. The Kier molecular flexibility index (Phi) is 4.62. The van der Waals surface area contributed by atoms with Crippen LogP contribution in [0.2, 0.25) is 0 Å². The van der Waals surface area contributed by atoms with E-state index in [-0.39, 0.29) is 5.75 Å². The predicted octanol–water partition coefficient (Wildman–Crippen LogP) is 1.59. The highest BCUT2D eigenvalue weighted by atomic mass is 32.2. The normalized spacial score (nSPS) is 10.5. The maximum Gasteiger partial charge on any atom is 0.313 e. The number of hydrogen-bond acceptors (Lipinski definition) is 5. The van der Waals surface area contributed by atoms with E-state index in [1.165, 1.54) is 0 Å². The van der Waals surface area contributed by atoms with Crippen molar-refractivity contribution in [2.45, 2.75) is 11.6 Å². The molecule has 0 radical (unpaired) electrons. The van der Waals surface area contributed by atoms with E-state index in [4.69, 9.17) is 9.84 Å². The highest BCUT2D eigenvalue weighted by molar-refractivity contribution is 7.99. The van der Waals surface area contributed by atoms with Crippen molar-refractivity contribution in [2.24, 2.45) is 7.05 Å². The van der Waals surface area contributed by atoms with E-state index in [0.717, 1.165) is 23.1 Å². The van der Waals surface area contributed by atoms with Crippen LogP contribution in [0.15, 0.2) is 29.4 Å². The number of carboxylic acid groups (broad SMARTS) is 1. The van der Waals surface area contributed by atoms with E-state index in [1.807, 2.05) is 24.3 Å². The van der Waals surface area contributed by atoms with Crippen LogP contribution >= 0.6 is 11.8 Å². The number of thioether (sulfide) groups is 1. The van der Waals surface area contributed by atoms with E-state index in [9.17, 15) is 4.79 Å². The molecule has 0 saturated carbocycles. The Labute approximate surface area is 120 Å². The maximum absolute atomic E-state index is 10.6. The number of rotatable bonds is 6. The van der Waals surface area contributed by atoms with Gasteiger partial charge in [-0.2, -0.15) is 5.10 Å². The van der Waals surface area contributed by atoms with Gasteiger partial charge in [-0.05, 0) is 17.7 Å². The fourth-order valence-electron chi connectivity index (χ4n) is 1.67. The Balaban J connectivity index is 2.05. The summed E-state index contributed by atoms with van der Waals surface area (Å²) in [5.41, 5.74) is 1.08. The van der Waals surface area contributed by atoms with Gasteiger partial charge in [0.15, 0.2) is 11.0 Å². The first-order valence-electron chi connectivity index (χ1n) is 5.96. The number of aliphatic carboxylic acids is 1. The number of hydrogen-bond donors (Lipinski definition) is 1. The molecule has 6 nitrogen and oxygen atoms in total. The molecule has 0 atom stereocenters. The van der Waals surface area contributed by atoms with Gasteiger partial charge >= 0.3 is 5.97 Å². The van der Waals surface area contributed by atoms with Crippen LogP contribution in [0.25, 0.3) is 0 Å². The lowest BCUT2D eigenvalue weighted by Gasteiger charge is -2.00. The summed E-state index contributed by atoms with van der Waals surface area (Å²) in [5.74, 6) is 0.592. The Morgan fingerprint density at radius 1 is 1.40 bits per heavy atom. The second-order valence-corrected chi connectivity index (χ2v) is 5.08. The summed E-state index contributed by atoms with van der Waals surface area (Å²) in [5, 5.41) is 13.6. The van der Waals surface area contributed by atoms with Crippen LogP contribution in [0.1, 0.15) is 11.4 Å². The zero-order chi connectivity index (χ0) is 14.5. The van der Waals surface area contributed by atoms with Gasteiger partial charge in [0.05, 0.1) is 12.9 Å². The molecule has 0 fully saturated rings. The van der Waals surface area contributed by atoms with Crippen LogP contribution < -0.4 is 4.74 Å². The van der Waals surface area contributed by atoms with Crippen molar-refractivity contribution in [3.63, 3.8) is 0 Å². The molecule has 0 amide bonds. The van der Waals surface area contributed by atoms with Crippen molar-refractivity contribution in [1.29, 1.82) is 0 Å². The first-order chi connectivity index (χ1) is 9.58. The first kappa shape index (κ1) is 14.4. The van der Waals surface area contributed by atoms with Gasteiger partial charge in [0.2, 0.25) is 0 Å². The number of benzene rings is 1. The van der Waals surface area contributed by atoms with E-state index < -0.39 is 5.97 Å². The molecule has 20 heavy (non-hydrogen) atoms. The largest absolute Gasteiger partial charge is 0.497 e. The van der Waals surface area contributed by atoms with Gasteiger partial charge in [-0.15, -0.1) is 0 Å². The summed E-state index contributed by atoms with van der Waals surface area (Å²) in [6.45, 7) is 0. The average molecular weight is 293 g/mol. The van der Waals surface area contributed by atoms with Gasteiger partial charge < -0.3 is 9.84 Å². The molecule has 106 valence electrons. The van der Waals surface area contributed by atoms with Crippen molar-refractivity contribution in [3.05, 3.63) is 35.7 Å². The third-order valence-electron chi connectivity index (χ3n) is 2.61. The standard InChI is InChI=1S/C13H15N3O3S/c1-16-13(20-8-12(17)18)14-11(15-16)7-9-3-5-10(19-2)6-4-9/h3-6H,7-8H2,1-2H3,(H,17,18). The number of carboxylic acids is 1. The van der Waals surface area contributed by atoms with Gasteiger partial charge in [0, 0.05) is 13.5 Å². The minimum absolute atomic E-state index is 0.0193. The lowest BCUT2D eigenvalue weighted by atomic mass is 10.1. The number of methoxy groups -OCH3 is 1. The van der Waals surface area contributed by atoms with E-state index in [0.29, 0.717) is 17.4 Å². The van der Waals surface area contributed by atoms with Gasteiger partial charge in [0.25, 0.3) is 0 Å². The molecule has 0 aliphatic rings. The maximum atomic E-state index is 10.6. The molecule has 0 saturated heterocycles. The molecular weight excluding hydrogens is 278 g/mol. The summed E-state index contributed by atoms with van der Waals surface area (Å²) >= 11 is 1.16. The second-order valence-electron chi connectivity index (χ2n) is 4.14. The number of ether oxygens (including phenoxy) is 1. The lowest BCUT2D eigenvalue weighted by Crippen LogP contribution is -2.00. The van der Waals surface area contributed by atoms with Crippen molar-refractivity contribution >= 4 is 17.7 Å². The fraction of sp³-hybridized carbons (Fsp3) is 0.308. The van der Waals surface area contributed by atoms with Crippen LogP contribution in [-0.2, 0) is 18.3 Å². The molecule has 0 aliphatic heterocycles. The zero-order valence-electron chi connectivity index (χ0n) is 11.2. The third kappa shape index (κ3) is 3.74. The first-order valence-corrected chi connectivity index (χ1v) is 6.94. The lowest BCUT2D eigenvalue weighted by molar-refractivity contribution is -0.133. The second kappa shape index (κ2) is 6.42. The Morgan fingerprint density at radius 2 is 2.10 bits per heavy atom. The summed E-state index contributed by atoms with van der Waals surface area (Å²) in [4.78, 5) is 14.9. The van der Waals surface area contributed by atoms with Crippen LogP contribution in [0, 0.1) is 0 Å². The summed E-state index contributed by atoms with van der Waals surface area (Å²) in [6, 6.07) is 7.69. The van der Waals surface area contributed by atoms with Gasteiger partial charge in [-0.3, -0.25) is 4.79 Å². The predicted molar refractivity (Wildman–Crippen MR) is 75.2 cm³/mol. The highest BCUT2D eigenvalue weighted by Gasteiger charge is 2.10. The molecular formula is C13H15N3O3S. The van der Waals surface area contributed by atoms with Crippen molar-refractivity contribution in [2.75, 3.05) is 12.9 Å². The minimum Gasteiger partial charge on any atom is -0.497 e.